The maximum absolute atomic E-state index is 12.0. The van der Waals surface area contributed by atoms with Gasteiger partial charge in [0.05, 0.1) is 12.8 Å². The maximum Gasteiger partial charge on any atom is 0.262 e. The predicted octanol–water partition coefficient (Wildman–Crippen LogP) is 2.64. The number of hydrogen-bond acceptors (Lipinski definition) is 6. The normalized spacial score (nSPS) is 12.2. The van der Waals surface area contributed by atoms with Crippen molar-refractivity contribution >= 4 is 24.3 Å². The lowest BCUT2D eigenvalue weighted by atomic mass is 10.2. The molecule has 1 aromatic carbocycles. The second kappa shape index (κ2) is 9.31. The van der Waals surface area contributed by atoms with E-state index in [1.165, 1.54) is 4.90 Å². The van der Waals surface area contributed by atoms with Crippen molar-refractivity contribution in [2.75, 3.05) is 20.7 Å². The molecule has 0 fully saturated rings. The molecule has 0 saturated carbocycles. The number of nitrogens with zero attached hydrogens (tertiary/aromatic N) is 4. The first-order chi connectivity index (χ1) is 12.9. The van der Waals surface area contributed by atoms with Gasteiger partial charge >= 0.3 is 0 Å². The highest BCUT2D eigenvalue weighted by Crippen LogP contribution is 2.29. The summed E-state index contributed by atoms with van der Waals surface area (Å²) in [7, 11) is 3.38. The molecule has 2 rings (SSSR count). The van der Waals surface area contributed by atoms with E-state index in [0.717, 1.165) is 11.4 Å². The summed E-state index contributed by atoms with van der Waals surface area (Å²) in [5.74, 6) is 1.68. The third-order valence-electron chi connectivity index (χ3n) is 3.72. The molecule has 1 atom stereocenters. The third-order valence-corrected chi connectivity index (χ3v) is 3.98. The summed E-state index contributed by atoms with van der Waals surface area (Å²) < 4.78 is 13.5. The maximum atomic E-state index is 12.0. The molecular weight excluding hydrogens is 366 g/mol. The van der Waals surface area contributed by atoms with Gasteiger partial charge in [-0.1, -0.05) is 6.92 Å². The molecule has 0 saturated heterocycles. The van der Waals surface area contributed by atoms with E-state index in [0.29, 0.717) is 29.3 Å². The first-order valence-corrected chi connectivity index (χ1v) is 9.13. The largest absolute Gasteiger partial charge is 0.490 e. The van der Waals surface area contributed by atoms with Crippen LogP contribution >= 0.6 is 12.2 Å². The summed E-state index contributed by atoms with van der Waals surface area (Å²) in [6.07, 6.45) is 1.76. The molecule has 0 radical (unpaired) electrons. The highest BCUT2D eigenvalue weighted by atomic mass is 32.1. The summed E-state index contributed by atoms with van der Waals surface area (Å²) in [6.45, 7) is 6.05. The van der Waals surface area contributed by atoms with Crippen LogP contribution < -0.4 is 9.47 Å². The monoisotopic (exact) mass is 391 g/mol. The first kappa shape index (κ1) is 20.6. The SMILES string of the molecule is CCOc1cc(/C=N\n2c(CC)n[nH]c2=S)ccc1O[C@@H](C)C(=O)N(C)C. The Morgan fingerprint density at radius 1 is 1.41 bits per heavy atom. The molecule has 0 aliphatic heterocycles. The molecule has 0 aliphatic rings. The van der Waals surface area contributed by atoms with Gasteiger partial charge in [-0.05, 0) is 49.8 Å². The molecule has 8 nitrogen and oxygen atoms in total. The van der Waals surface area contributed by atoms with Crippen molar-refractivity contribution < 1.29 is 14.3 Å². The zero-order chi connectivity index (χ0) is 20.0. The molecule has 0 spiro atoms. The van der Waals surface area contributed by atoms with Crippen molar-refractivity contribution in [2.24, 2.45) is 5.10 Å². The number of amides is 1. The second-order valence-electron chi connectivity index (χ2n) is 5.99. The van der Waals surface area contributed by atoms with Gasteiger partial charge in [0, 0.05) is 20.5 Å². The number of nitrogens with one attached hydrogen (secondary N) is 1. The predicted molar refractivity (Wildman–Crippen MR) is 106 cm³/mol. The summed E-state index contributed by atoms with van der Waals surface area (Å²) in [5, 5.41) is 11.2. The van der Waals surface area contributed by atoms with E-state index < -0.39 is 6.10 Å². The van der Waals surface area contributed by atoms with Gasteiger partial charge in [0.2, 0.25) is 4.77 Å². The van der Waals surface area contributed by atoms with Crippen LogP contribution in [0.15, 0.2) is 23.3 Å². The standard InChI is InChI=1S/C18H25N5O3S/c1-6-16-20-21-18(27)23(16)19-11-13-8-9-14(15(10-13)25-7-2)26-12(3)17(24)22(4)5/h8-12H,6-7H2,1-5H3,(H,21,27)/b19-11-/t12-/m0/s1. The number of aryl methyl sites for hydroxylation is 1. The Bertz CT molecular complexity index is 872. The Hall–Kier alpha value is -2.68. The Labute approximate surface area is 163 Å². The minimum Gasteiger partial charge on any atom is -0.490 e. The Morgan fingerprint density at radius 2 is 2.15 bits per heavy atom. The number of rotatable bonds is 8. The molecule has 27 heavy (non-hydrogen) atoms. The van der Waals surface area contributed by atoms with Gasteiger partial charge in [-0.2, -0.15) is 14.9 Å². The minimum atomic E-state index is -0.616. The molecule has 2 aromatic rings. The van der Waals surface area contributed by atoms with E-state index in [2.05, 4.69) is 15.3 Å². The average Bonchev–Trinajstić information content (AvgIpc) is 3.00. The van der Waals surface area contributed by atoms with Crippen LogP contribution in [0.25, 0.3) is 0 Å². The number of likely N-dealkylation sites (N-methyl/N-ethyl adjacent to an activating group) is 1. The molecule has 0 bridgehead atoms. The van der Waals surface area contributed by atoms with Crippen LogP contribution in [0.5, 0.6) is 11.5 Å². The van der Waals surface area contributed by atoms with Crippen molar-refractivity contribution in [1.82, 2.24) is 19.8 Å². The van der Waals surface area contributed by atoms with E-state index >= 15 is 0 Å². The highest BCUT2D eigenvalue weighted by molar-refractivity contribution is 7.71. The number of carbonyl (C=O) groups is 1. The molecule has 146 valence electrons. The van der Waals surface area contributed by atoms with Gasteiger partial charge in [0.1, 0.15) is 0 Å². The number of H-pyrrole nitrogens is 1. The van der Waals surface area contributed by atoms with Crippen molar-refractivity contribution in [3.8, 4) is 11.5 Å². The molecule has 0 unspecified atom stereocenters. The van der Waals surface area contributed by atoms with E-state index in [1.807, 2.05) is 26.0 Å². The number of carbonyl (C=O) groups excluding carboxylic acids is 1. The summed E-state index contributed by atoms with van der Waals surface area (Å²) >= 11 is 5.19. The molecule has 0 aliphatic carbocycles. The van der Waals surface area contributed by atoms with Gasteiger partial charge in [-0.25, -0.2) is 0 Å². The van der Waals surface area contributed by atoms with Crippen LogP contribution in [0.1, 0.15) is 32.2 Å². The van der Waals surface area contributed by atoms with E-state index in [1.54, 1.807) is 38.0 Å². The average molecular weight is 391 g/mol. The van der Waals surface area contributed by atoms with Gasteiger partial charge in [-0.3, -0.25) is 9.89 Å². The number of benzene rings is 1. The first-order valence-electron chi connectivity index (χ1n) is 8.72. The quantitative estimate of drug-likeness (QED) is 0.552. The third kappa shape index (κ3) is 5.16. The molecule has 1 heterocycles. The van der Waals surface area contributed by atoms with Crippen molar-refractivity contribution in [1.29, 1.82) is 0 Å². The van der Waals surface area contributed by atoms with Crippen molar-refractivity contribution in [3.63, 3.8) is 0 Å². The van der Waals surface area contributed by atoms with Crippen LogP contribution in [0.2, 0.25) is 0 Å². The summed E-state index contributed by atoms with van der Waals surface area (Å²) in [6, 6.07) is 5.41. The summed E-state index contributed by atoms with van der Waals surface area (Å²) in [4.78, 5) is 13.5. The number of aromatic nitrogens is 3. The lowest BCUT2D eigenvalue weighted by molar-refractivity contribution is -0.135. The van der Waals surface area contributed by atoms with E-state index in [4.69, 9.17) is 21.7 Å². The minimum absolute atomic E-state index is 0.121. The van der Waals surface area contributed by atoms with Crippen molar-refractivity contribution in [3.05, 3.63) is 34.4 Å². The van der Waals surface area contributed by atoms with E-state index in [-0.39, 0.29) is 5.91 Å². The molecular formula is C18H25N5O3S. The number of aromatic amines is 1. The Balaban J connectivity index is 2.26. The lowest BCUT2D eigenvalue weighted by Gasteiger charge is -2.20. The van der Waals surface area contributed by atoms with Gasteiger partial charge in [0.25, 0.3) is 5.91 Å². The lowest BCUT2D eigenvalue weighted by Crippen LogP contribution is -2.35. The fourth-order valence-corrected chi connectivity index (χ4v) is 2.57. The topological polar surface area (TPSA) is 84.7 Å². The number of ether oxygens (including phenoxy) is 2. The van der Waals surface area contributed by atoms with Crippen LogP contribution in [0, 0.1) is 4.77 Å². The molecule has 1 aromatic heterocycles. The Kier molecular flexibility index (Phi) is 7.12. The van der Waals surface area contributed by atoms with Gasteiger partial charge in [-0.15, -0.1) is 0 Å². The summed E-state index contributed by atoms with van der Waals surface area (Å²) in [5.41, 5.74) is 0.808. The van der Waals surface area contributed by atoms with Crippen LogP contribution in [0.4, 0.5) is 0 Å². The van der Waals surface area contributed by atoms with E-state index in [9.17, 15) is 4.79 Å². The zero-order valence-corrected chi connectivity index (χ0v) is 17.0. The second-order valence-corrected chi connectivity index (χ2v) is 6.37. The zero-order valence-electron chi connectivity index (χ0n) is 16.2. The molecule has 1 N–H and O–H groups in total. The fourth-order valence-electron chi connectivity index (χ4n) is 2.37. The van der Waals surface area contributed by atoms with Crippen LogP contribution in [0.3, 0.4) is 0 Å². The smallest absolute Gasteiger partial charge is 0.262 e. The molecule has 9 heteroatoms. The highest BCUT2D eigenvalue weighted by Gasteiger charge is 2.18. The Morgan fingerprint density at radius 3 is 2.78 bits per heavy atom. The van der Waals surface area contributed by atoms with Crippen LogP contribution in [-0.4, -0.2) is 58.7 Å². The fraction of sp³-hybridized carbons (Fsp3) is 0.444. The number of hydrogen-bond donors (Lipinski definition) is 1. The van der Waals surface area contributed by atoms with Gasteiger partial charge in [0.15, 0.2) is 23.4 Å². The van der Waals surface area contributed by atoms with Gasteiger partial charge < -0.3 is 14.4 Å². The van der Waals surface area contributed by atoms with Crippen LogP contribution in [-0.2, 0) is 11.2 Å². The van der Waals surface area contributed by atoms with Crippen molar-refractivity contribution in [2.45, 2.75) is 33.3 Å². The molecule has 1 amide bonds.